The first-order chi connectivity index (χ1) is 11.5. The number of Topliss-reactive ketones (excluding diaryl/α,β-unsaturated/α-hetero) is 1. The molecule has 0 fully saturated rings. The number of H-pyrrole nitrogens is 1. The van der Waals surface area contributed by atoms with Gasteiger partial charge in [-0.1, -0.05) is 12.1 Å². The molecule has 0 radical (unpaired) electrons. The van der Waals surface area contributed by atoms with Crippen LogP contribution in [0.5, 0.6) is 5.75 Å². The lowest BCUT2D eigenvalue weighted by Crippen LogP contribution is -2.21. The van der Waals surface area contributed by atoms with E-state index in [0.717, 1.165) is 0 Å². The maximum absolute atomic E-state index is 11.9. The smallest absolute Gasteiger partial charge is 0.355 e. The zero-order valence-corrected chi connectivity index (χ0v) is 13.4. The van der Waals surface area contributed by atoms with Crippen molar-refractivity contribution in [3.8, 4) is 5.75 Å². The number of carbonyl (C=O) groups excluding carboxylic acids is 3. The van der Waals surface area contributed by atoms with Crippen LogP contribution in [-0.2, 0) is 9.53 Å². The third-order valence-electron chi connectivity index (χ3n) is 3.10. The molecule has 0 aliphatic carbocycles. The monoisotopic (exact) mass is 330 g/mol. The van der Waals surface area contributed by atoms with Crippen LogP contribution in [0, 0.1) is 0 Å². The summed E-state index contributed by atoms with van der Waals surface area (Å²) in [7, 11) is 0. The van der Waals surface area contributed by atoms with E-state index in [4.69, 9.17) is 9.47 Å². The lowest BCUT2D eigenvalue weighted by molar-refractivity contribution is -0.119. The second-order valence-corrected chi connectivity index (χ2v) is 4.91. The Balaban J connectivity index is 1.91. The van der Waals surface area contributed by atoms with Gasteiger partial charge in [-0.25, -0.2) is 4.79 Å². The Kier molecular flexibility index (Phi) is 5.73. The molecule has 1 aromatic carbocycles. The van der Waals surface area contributed by atoms with E-state index in [1.165, 1.54) is 19.2 Å². The van der Waals surface area contributed by atoms with Gasteiger partial charge in [0.15, 0.2) is 12.4 Å². The van der Waals surface area contributed by atoms with Gasteiger partial charge in [0.25, 0.3) is 5.91 Å². The number of aromatic amines is 1. The molecule has 24 heavy (non-hydrogen) atoms. The van der Waals surface area contributed by atoms with E-state index < -0.39 is 18.5 Å². The topological polar surface area (TPSA) is 97.5 Å². The molecular formula is C17H18N2O5. The number of esters is 1. The molecular weight excluding hydrogens is 312 g/mol. The first-order valence-electron chi connectivity index (χ1n) is 7.39. The summed E-state index contributed by atoms with van der Waals surface area (Å²) in [6.07, 6.45) is 1.41. The fourth-order valence-corrected chi connectivity index (χ4v) is 1.96. The first-order valence-corrected chi connectivity index (χ1v) is 7.39. The average Bonchev–Trinajstić information content (AvgIpc) is 3.05. The van der Waals surface area contributed by atoms with E-state index in [1.807, 2.05) is 6.92 Å². The number of hydrogen-bond acceptors (Lipinski definition) is 5. The van der Waals surface area contributed by atoms with Crippen molar-refractivity contribution >= 4 is 23.3 Å². The third kappa shape index (κ3) is 4.45. The molecule has 0 spiro atoms. The summed E-state index contributed by atoms with van der Waals surface area (Å²) in [4.78, 5) is 37.6. The quantitative estimate of drug-likeness (QED) is 0.600. The van der Waals surface area contributed by atoms with Gasteiger partial charge in [-0.2, -0.15) is 0 Å². The Morgan fingerprint density at radius 3 is 2.62 bits per heavy atom. The van der Waals surface area contributed by atoms with Crippen LogP contribution in [0.25, 0.3) is 0 Å². The molecule has 126 valence electrons. The summed E-state index contributed by atoms with van der Waals surface area (Å²) in [5.74, 6) is -0.838. The molecule has 1 aromatic heterocycles. The van der Waals surface area contributed by atoms with Crippen LogP contribution in [-0.4, -0.2) is 35.9 Å². The molecule has 0 aliphatic heterocycles. The Hall–Kier alpha value is -3.09. The molecule has 2 N–H and O–H groups in total. The van der Waals surface area contributed by atoms with E-state index in [0.29, 0.717) is 23.6 Å². The number of benzene rings is 1. The van der Waals surface area contributed by atoms with Gasteiger partial charge in [0, 0.05) is 11.8 Å². The van der Waals surface area contributed by atoms with Crippen molar-refractivity contribution in [2.75, 3.05) is 18.5 Å². The highest BCUT2D eigenvalue weighted by molar-refractivity contribution is 5.98. The number of para-hydroxylation sites is 2. The lowest BCUT2D eigenvalue weighted by atomic mass is 10.2. The normalized spacial score (nSPS) is 10.1. The Bertz CT molecular complexity index is 751. The predicted molar refractivity (Wildman–Crippen MR) is 87.3 cm³/mol. The van der Waals surface area contributed by atoms with Gasteiger partial charge in [0.2, 0.25) is 0 Å². The minimum absolute atomic E-state index is 0.114. The molecule has 0 aliphatic rings. The molecule has 0 saturated heterocycles. The van der Waals surface area contributed by atoms with Crippen LogP contribution in [0.4, 0.5) is 5.69 Å². The number of aromatic nitrogens is 1. The first kappa shape index (κ1) is 17.3. The molecule has 1 heterocycles. The van der Waals surface area contributed by atoms with Crippen molar-refractivity contribution in [2.24, 2.45) is 0 Å². The zero-order chi connectivity index (χ0) is 17.5. The fraction of sp³-hybridized carbons (Fsp3) is 0.235. The second kappa shape index (κ2) is 7.96. The molecule has 0 bridgehead atoms. The number of nitrogens with one attached hydrogen (secondary N) is 2. The number of ether oxygens (including phenoxy) is 2. The van der Waals surface area contributed by atoms with Gasteiger partial charge in [-0.3, -0.25) is 9.59 Å². The number of hydrogen-bond donors (Lipinski definition) is 2. The zero-order valence-electron chi connectivity index (χ0n) is 13.4. The van der Waals surface area contributed by atoms with E-state index in [-0.39, 0.29) is 11.5 Å². The Labute approximate surface area is 139 Å². The molecule has 0 atom stereocenters. The number of ketones is 1. The Morgan fingerprint density at radius 1 is 1.21 bits per heavy atom. The highest BCUT2D eigenvalue weighted by Crippen LogP contribution is 2.23. The molecule has 7 heteroatoms. The molecule has 2 aromatic rings. The van der Waals surface area contributed by atoms with Crippen LogP contribution in [0.2, 0.25) is 0 Å². The van der Waals surface area contributed by atoms with Crippen LogP contribution in [0.1, 0.15) is 34.7 Å². The highest BCUT2D eigenvalue weighted by atomic mass is 16.5. The van der Waals surface area contributed by atoms with E-state index in [1.54, 1.807) is 24.3 Å². The van der Waals surface area contributed by atoms with Crippen molar-refractivity contribution in [3.63, 3.8) is 0 Å². The number of carbonyl (C=O) groups is 3. The lowest BCUT2D eigenvalue weighted by Gasteiger charge is -2.11. The van der Waals surface area contributed by atoms with Crippen LogP contribution in [0.15, 0.2) is 36.5 Å². The summed E-state index contributed by atoms with van der Waals surface area (Å²) in [5.41, 5.74) is 0.985. The molecule has 2 rings (SSSR count). The summed E-state index contributed by atoms with van der Waals surface area (Å²) in [6, 6.07) is 8.35. The summed E-state index contributed by atoms with van der Waals surface area (Å²) in [6.45, 7) is 3.24. The molecule has 7 nitrogen and oxygen atoms in total. The number of rotatable bonds is 7. The number of amides is 1. The molecule has 0 unspecified atom stereocenters. The van der Waals surface area contributed by atoms with Crippen molar-refractivity contribution in [1.29, 1.82) is 0 Å². The van der Waals surface area contributed by atoms with E-state index in [2.05, 4.69) is 10.3 Å². The SMILES string of the molecule is CCOc1ccccc1NC(=O)COC(=O)c1cc(C(C)=O)c[nH]1. The van der Waals surface area contributed by atoms with Gasteiger partial charge in [0.1, 0.15) is 11.4 Å². The van der Waals surface area contributed by atoms with Gasteiger partial charge < -0.3 is 19.8 Å². The Morgan fingerprint density at radius 2 is 1.96 bits per heavy atom. The van der Waals surface area contributed by atoms with Gasteiger partial charge in [0.05, 0.1) is 12.3 Å². The maximum atomic E-state index is 11.9. The van der Waals surface area contributed by atoms with Crippen LogP contribution < -0.4 is 10.1 Å². The van der Waals surface area contributed by atoms with Crippen LogP contribution >= 0.6 is 0 Å². The summed E-state index contributed by atoms with van der Waals surface area (Å²) < 4.78 is 10.3. The van der Waals surface area contributed by atoms with Gasteiger partial charge in [-0.05, 0) is 32.0 Å². The minimum atomic E-state index is -0.712. The van der Waals surface area contributed by atoms with Crippen molar-refractivity contribution < 1.29 is 23.9 Å². The summed E-state index contributed by atoms with van der Waals surface area (Å²) >= 11 is 0. The van der Waals surface area contributed by atoms with Crippen molar-refractivity contribution in [3.05, 3.63) is 47.8 Å². The van der Waals surface area contributed by atoms with E-state index >= 15 is 0 Å². The van der Waals surface area contributed by atoms with E-state index in [9.17, 15) is 14.4 Å². The molecule has 0 saturated carbocycles. The fourth-order valence-electron chi connectivity index (χ4n) is 1.96. The average molecular weight is 330 g/mol. The van der Waals surface area contributed by atoms with Crippen molar-refractivity contribution in [1.82, 2.24) is 4.98 Å². The van der Waals surface area contributed by atoms with Gasteiger partial charge >= 0.3 is 5.97 Å². The molecule has 1 amide bonds. The largest absolute Gasteiger partial charge is 0.492 e. The minimum Gasteiger partial charge on any atom is -0.492 e. The van der Waals surface area contributed by atoms with Crippen LogP contribution in [0.3, 0.4) is 0 Å². The second-order valence-electron chi connectivity index (χ2n) is 4.91. The summed E-state index contributed by atoms with van der Waals surface area (Å²) in [5, 5.41) is 2.62. The number of anilines is 1. The van der Waals surface area contributed by atoms with Gasteiger partial charge in [-0.15, -0.1) is 0 Å². The van der Waals surface area contributed by atoms with Crippen molar-refractivity contribution in [2.45, 2.75) is 13.8 Å². The standard InChI is InChI=1S/C17H18N2O5/c1-3-23-15-7-5-4-6-13(15)19-16(21)10-24-17(22)14-8-12(9-18-14)11(2)20/h4-9,18H,3,10H2,1-2H3,(H,19,21). The highest BCUT2D eigenvalue weighted by Gasteiger charge is 2.14. The third-order valence-corrected chi connectivity index (χ3v) is 3.10. The predicted octanol–water partition coefficient (Wildman–Crippen LogP) is 2.41. The maximum Gasteiger partial charge on any atom is 0.355 e.